The standard InChI is InChI=1S/C17H17BrN2O4/c1-3-20(17(22)23-2)14-7-6-11(8-13(14)18)15(21)12-9-19-24-16(12)10-4-5-10/h6-10H,3-5H2,1-2H3. The van der Waals surface area contributed by atoms with E-state index in [-0.39, 0.29) is 5.78 Å². The van der Waals surface area contributed by atoms with Gasteiger partial charge in [-0.1, -0.05) is 5.16 Å². The average molecular weight is 393 g/mol. The van der Waals surface area contributed by atoms with E-state index in [2.05, 4.69) is 21.1 Å². The maximum Gasteiger partial charge on any atom is 0.414 e. The predicted molar refractivity (Wildman–Crippen MR) is 91.5 cm³/mol. The van der Waals surface area contributed by atoms with E-state index in [0.29, 0.717) is 39.5 Å². The van der Waals surface area contributed by atoms with Crippen molar-refractivity contribution < 1.29 is 18.8 Å². The molecule has 0 bridgehead atoms. The maximum absolute atomic E-state index is 12.7. The Labute approximate surface area is 147 Å². The molecule has 0 spiro atoms. The summed E-state index contributed by atoms with van der Waals surface area (Å²) in [6.45, 7) is 2.30. The summed E-state index contributed by atoms with van der Waals surface area (Å²) in [5.41, 5.74) is 1.67. The molecule has 0 aliphatic heterocycles. The van der Waals surface area contributed by atoms with Crippen LogP contribution in [0.1, 0.15) is 47.4 Å². The number of benzene rings is 1. The Morgan fingerprint density at radius 2 is 2.17 bits per heavy atom. The number of methoxy groups -OCH3 is 1. The highest BCUT2D eigenvalue weighted by Gasteiger charge is 2.32. The number of hydrogen-bond donors (Lipinski definition) is 0. The van der Waals surface area contributed by atoms with E-state index < -0.39 is 6.09 Å². The van der Waals surface area contributed by atoms with Crippen molar-refractivity contribution in [3.8, 4) is 0 Å². The van der Waals surface area contributed by atoms with Crippen molar-refractivity contribution >= 4 is 33.5 Å². The molecule has 2 aromatic rings. The summed E-state index contributed by atoms with van der Waals surface area (Å²) in [6.07, 6.45) is 3.09. The molecule has 1 fully saturated rings. The first-order chi connectivity index (χ1) is 11.6. The number of ketones is 1. The number of hydrogen-bond acceptors (Lipinski definition) is 5. The second-order valence-electron chi connectivity index (χ2n) is 5.59. The van der Waals surface area contributed by atoms with Crippen LogP contribution < -0.4 is 4.90 Å². The van der Waals surface area contributed by atoms with Crippen LogP contribution in [0.25, 0.3) is 0 Å². The highest BCUT2D eigenvalue weighted by atomic mass is 79.9. The molecular formula is C17H17BrN2O4. The van der Waals surface area contributed by atoms with Crippen molar-refractivity contribution in [2.45, 2.75) is 25.7 Å². The van der Waals surface area contributed by atoms with Gasteiger partial charge in [0.1, 0.15) is 0 Å². The Bertz CT molecular complexity index is 783. The molecule has 1 aliphatic rings. The van der Waals surface area contributed by atoms with Crippen LogP contribution in [0.2, 0.25) is 0 Å². The largest absolute Gasteiger partial charge is 0.452 e. The number of carbonyl (C=O) groups is 2. The minimum Gasteiger partial charge on any atom is -0.452 e. The van der Waals surface area contributed by atoms with E-state index >= 15 is 0 Å². The van der Waals surface area contributed by atoms with E-state index in [9.17, 15) is 9.59 Å². The van der Waals surface area contributed by atoms with E-state index in [1.165, 1.54) is 18.2 Å². The lowest BCUT2D eigenvalue weighted by atomic mass is 10.0. The SMILES string of the molecule is CCN(C(=O)OC)c1ccc(C(=O)c2cnoc2C2CC2)cc1Br. The molecule has 1 heterocycles. The molecule has 1 aliphatic carbocycles. The minimum absolute atomic E-state index is 0.133. The third-order valence-corrected chi connectivity index (χ3v) is 4.64. The Hall–Kier alpha value is -2.15. The van der Waals surface area contributed by atoms with Gasteiger partial charge >= 0.3 is 6.09 Å². The third kappa shape index (κ3) is 3.08. The van der Waals surface area contributed by atoms with Gasteiger partial charge in [0.05, 0.1) is 24.6 Å². The number of halogens is 1. The maximum atomic E-state index is 12.7. The Morgan fingerprint density at radius 3 is 2.75 bits per heavy atom. The lowest BCUT2D eigenvalue weighted by Gasteiger charge is -2.21. The van der Waals surface area contributed by atoms with Crippen LogP contribution in [-0.4, -0.2) is 30.7 Å². The molecule has 1 amide bonds. The summed E-state index contributed by atoms with van der Waals surface area (Å²) in [4.78, 5) is 26.0. The van der Waals surface area contributed by atoms with Gasteiger partial charge in [0.15, 0.2) is 11.5 Å². The van der Waals surface area contributed by atoms with E-state index in [1.54, 1.807) is 18.2 Å². The van der Waals surface area contributed by atoms with Crippen LogP contribution in [0.5, 0.6) is 0 Å². The van der Waals surface area contributed by atoms with Gasteiger partial charge in [-0.25, -0.2) is 4.79 Å². The normalized spacial score (nSPS) is 13.6. The van der Waals surface area contributed by atoms with Crippen LogP contribution in [0.15, 0.2) is 33.4 Å². The average Bonchev–Trinajstić information content (AvgIpc) is 3.32. The summed E-state index contributed by atoms with van der Waals surface area (Å²) in [7, 11) is 1.34. The Kier molecular flexibility index (Phi) is 4.71. The first kappa shape index (κ1) is 16.7. The molecule has 0 radical (unpaired) electrons. The number of carbonyl (C=O) groups excluding carboxylic acids is 2. The van der Waals surface area contributed by atoms with Crippen molar-refractivity contribution in [1.82, 2.24) is 5.16 Å². The van der Waals surface area contributed by atoms with Crippen molar-refractivity contribution in [1.29, 1.82) is 0 Å². The molecule has 24 heavy (non-hydrogen) atoms. The summed E-state index contributed by atoms with van der Waals surface area (Å²) in [5, 5.41) is 3.77. The number of aromatic nitrogens is 1. The quantitative estimate of drug-likeness (QED) is 0.714. The van der Waals surface area contributed by atoms with Gasteiger partial charge in [-0.05, 0) is 53.9 Å². The predicted octanol–water partition coefficient (Wildman–Crippen LogP) is 4.14. The highest BCUT2D eigenvalue weighted by molar-refractivity contribution is 9.10. The summed E-state index contributed by atoms with van der Waals surface area (Å²) in [6, 6.07) is 5.12. The zero-order valence-electron chi connectivity index (χ0n) is 13.4. The van der Waals surface area contributed by atoms with Crippen molar-refractivity contribution in [3.63, 3.8) is 0 Å². The third-order valence-electron chi connectivity index (χ3n) is 4.00. The topological polar surface area (TPSA) is 72.6 Å². The van der Waals surface area contributed by atoms with Crippen molar-refractivity contribution in [2.75, 3.05) is 18.6 Å². The molecule has 1 aromatic carbocycles. The molecule has 0 saturated heterocycles. The molecule has 7 heteroatoms. The van der Waals surface area contributed by atoms with E-state index in [1.807, 2.05) is 6.92 Å². The van der Waals surface area contributed by atoms with E-state index in [0.717, 1.165) is 12.8 Å². The van der Waals surface area contributed by atoms with Crippen molar-refractivity contribution in [3.05, 3.63) is 45.8 Å². The van der Waals surface area contributed by atoms with Gasteiger partial charge in [-0.3, -0.25) is 9.69 Å². The van der Waals surface area contributed by atoms with Crippen LogP contribution in [0.4, 0.5) is 10.5 Å². The van der Waals surface area contributed by atoms with Crippen LogP contribution >= 0.6 is 15.9 Å². The second-order valence-corrected chi connectivity index (χ2v) is 6.44. The van der Waals surface area contributed by atoms with Gasteiger partial charge in [-0.15, -0.1) is 0 Å². The molecule has 3 rings (SSSR count). The second kappa shape index (κ2) is 6.76. The minimum atomic E-state index is -0.452. The molecule has 0 N–H and O–H groups in total. The molecule has 0 unspecified atom stereocenters. The molecule has 6 nitrogen and oxygen atoms in total. The summed E-state index contributed by atoms with van der Waals surface area (Å²) >= 11 is 3.44. The molecule has 1 aromatic heterocycles. The molecular weight excluding hydrogens is 376 g/mol. The van der Waals surface area contributed by atoms with Gasteiger partial charge in [-0.2, -0.15) is 0 Å². The fourth-order valence-corrected chi connectivity index (χ4v) is 3.18. The highest BCUT2D eigenvalue weighted by Crippen LogP contribution is 2.42. The van der Waals surface area contributed by atoms with Crippen molar-refractivity contribution in [2.24, 2.45) is 0 Å². The van der Waals surface area contributed by atoms with Crippen LogP contribution in [-0.2, 0) is 4.74 Å². The molecule has 0 atom stereocenters. The van der Waals surface area contributed by atoms with Gasteiger partial charge in [0.25, 0.3) is 0 Å². The Balaban J connectivity index is 1.90. The van der Waals surface area contributed by atoms with Crippen LogP contribution in [0, 0.1) is 0 Å². The van der Waals surface area contributed by atoms with Gasteiger partial charge in [0, 0.05) is 22.5 Å². The number of rotatable bonds is 5. The zero-order chi connectivity index (χ0) is 17.3. The first-order valence-corrected chi connectivity index (χ1v) is 8.50. The molecule has 1 saturated carbocycles. The fourth-order valence-electron chi connectivity index (χ4n) is 2.59. The fraction of sp³-hybridized carbons (Fsp3) is 0.353. The van der Waals surface area contributed by atoms with Crippen LogP contribution in [0.3, 0.4) is 0 Å². The van der Waals surface area contributed by atoms with Gasteiger partial charge in [0.2, 0.25) is 0 Å². The zero-order valence-corrected chi connectivity index (χ0v) is 15.0. The summed E-state index contributed by atoms with van der Waals surface area (Å²) in [5.74, 6) is 0.848. The first-order valence-electron chi connectivity index (χ1n) is 7.71. The smallest absolute Gasteiger partial charge is 0.414 e. The molecule has 126 valence electrons. The van der Waals surface area contributed by atoms with E-state index in [4.69, 9.17) is 9.26 Å². The number of nitrogens with zero attached hydrogens (tertiary/aromatic N) is 2. The monoisotopic (exact) mass is 392 g/mol. The lowest BCUT2D eigenvalue weighted by Crippen LogP contribution is -2.30. The number of ether oxygens (including phenoxy) is 1. The Morgan fingerprint density at radius 1 is 1.42 bits per heavy atom. The number of anilines is 1. The summed E-state index contributed by atoms with van der Waals surface area (Å²) < 4.78 is 10.7. The number of amides is 1. The lowest BCUT2D eigenvalue weighted by molar-refractivity contribution is 0.103. The van der Waals surface area contributed by atoms with Gasteiger partial charge < -0.3 is 9.26 Å².